The molecule has 1 saturated heterocycles. The van der Waals surface area contributed by atoms with Crippen LogP contribution in [-0.2, 0) is 4.74 Å². The van der Waals surface area contributed by atoms with Gasteiger partial charge in [-0.1, -0.05) is 6.92 Å². The molecule has 134 valence electrons. The summed E-state index contributed by atoms with van der Waals surface area (Å²) < 4.78 is 5.66. The van der Waals surface area contributed by atoms with Crippen LogP contribution in [0, 0.1) is 17.8 Å². The number of thiocarbonyl (C=S) groups is 1. The van der Waals surface area contributed by atoms with Gasteiger partial charge in [-0.25, -0.2) is 4.79 Å². The number of nitrogens with zero attached hydrogens (tertiary/aromatic N) is 1. The number of carbonyl (C=O) groups excluding carboxylic acids is 1. The Labute approximate surface area is 150 Å². The van der Waals surface area contributed by atoms with Gasteiger partial charge in [0.2, 0.25) is 0 Å². The number of likely N-dealkylation sites (tertiary alicyclic amines) is 1. The van der Waals surface area contributed by atoms with E-state index < -0.39 is 0 Å². The Hall–Kier alpha value is -0.840. The molecule has 5 heteroatoms. The van der Waals surface area contributed by atoms with Gasteiger partial charge in [0.25, 0.3) is 0 Å². The predicted molar refractivity (Wildman–Crippen MR) is 98.0 cm³/mol. The van der Waals surface area contributed by atoms with Crippen LogP contribution < -0.4 is 5.32 Å². The molecule has 5 rings (SSSR count). The van der Waals surface area contributed by atoms with Crippen molar-refractivity contribution >= 4 is 23.3 Å². The van der Waals surface area contributed by atoms with Gasteiger partial charge >= 0.3 is 6.03 Å². The second-order valence-corrected chi connectivity index (χ2v) is 9.05. The molecule has 5 fully saturated rings. The summed E-state index contributed by atoms with van der Waals surface area (Å²) in [6.07, 6.45) is 10.7. The van der Waals surface area contributed by atoms with Gasteiger partial charge in [-0.3, -0.25) is 0 Å². The molecule has 0 radical (unpaired) electrons. The summed E-state index contributed by atoms with van der Waals surface area (Å²) in [6.45, 7) is 3.53. The van der Waals surface area contributed by atoms with Gasteiger partial charge in [0, 0.05) is 12.1 Å². The SMILES string of the molecule is CCCOC(=S)[C@@H]1CCCN1C(=O)NC12CC3CC(CC(C3)C1)C2. The fourth-order valence-corrected chi connectivity index (χ4v) is 6.44. The molecule has 1 N–H and O–H groups in total. The third-order valence-corrected chi connectivity index (χ3v) is 7.03. The van der Waals surface area contributed by atoms with E-state index in [1.165, 1.54) is 38.5 Å². The number of rotatable bonds is 4. The van der Waals surface area contributed by atoms with Crippen LogP contribution in [0.15, 0.2) is 0 Å². The monoisotopic (exact) mass is 350 g/mol. The van der Waals surface area contributed by atoms with Gasteiger partial charge in [0.1, 0.15) is 6.04 Å². The molecule has 24 heavy (non-hydrogen) atoms. The van der Waals surface area contributed by atoms with Crippen LogP contribution in [0.1, 0.15) is 64.7 Å². The molecule has 0 aromatic heterocycles. The van der Waals surface area contributed by atoms with E-state index in [0.717, 1.165) is 43.6 Å². The normalized spacial score (nSPS) is 40.0. The van der Waals surface area contributed by atoms with Gasteiger partial charge in [-0.05, 0) is 87.8 Å². The van der Waals surface area contributed by atoms with Gasteiger partial charge in [0.15, 0.2) is 5.05 Å². The van der Waals surface area contributed by atoms with E-state index in [0.29, 0.717) is 11.7 Å². The summed E-state index contributed by atoms with van der Waals surface area (Å²) in [4.78, 5) is 15.0. The Morgan fingerprint density at radius 1 is 1.21 bits per heavy atom. The number of hydrogen-bond donors (Lipinski definition) is 1. The molecule has 4 saturated carbocycles. The lowest BCUT2D eigenvalue weighted by Gasteiger charge is -2.57. The quantitative estimate of drug-likeness (QED) is 0.782. The van der Waals surface area contributed by atoms with Crippen LogP contribution in [0.4, 0.5) is 4.79 Å². The fraction of sp³-hybridized carbons (Fsp3) is 0.895. The van der Waals surface area contributed by atoms with Gasteiger partial charge in [0.05, 0.1) is 6.61 Å². The van der Waals surface area contributed by atoms with Gasteiger partial charge < -0.3 is 15.0 Å². The molecule has 1 atom stereocenters. The minimum atomic E-state index is -0.0135. The lowest BCUT2D eigenvalue weighted by atomic mass is 9.53. The number of amides is 2. The Morgan fingerprint density at radius 2 is 1.83 bits per heavy atom. The van der Waals surface area contributed by atoms with Crippen LogP contribution in [0.25, 0.3) is 0 Å². The topological polar surface area (TPSA) is 41.6 Å². The summed E-state index contributed by atoms with van der Waals surface area (Å²) >= 11 is 5.45. The lowest BCUT2D eigenvalue weighted by molar-refractivity contribution is -0.0156. The molecule has 1 aliphatic heterocycles. The van der Waals surface area contributed by atoms with Crippen LogP contribution in [0.5, 0.6) is 0 Å². The molecule has 0 aromatic rings. The molecule has 4 aliphatic carbocycles. The van der Waals surface area contributed by atoms with Crippen molar-refractivity contribution in [3.05, 3.63) is 0 Å². The number of hydrogen-bond acceptors (Lipinski definition) is 3. The lowest BCUT2D eigenvalue weighted by Crippen LogP contribution is -2.62. The maximum atomic E-state index is 13.0. The average molecular weight is 351 g/mol. The van der Waals surface area contributed by atoms with E-state index in [1.807, 2.05) is 4.90 Å². The zero-order valence-corrected chi connectivity index (χ0v) is 15.6. The molecule has 2 amide bonds. The standard InChI is InChI=1S/C19H30N2O2S/c1-2-6-23-17(24)16-4-3-5-21(16)18(22)20-19-10-13-7-14(11-19)9-15(8-13)12-19/h13-16H,2-12H2,1H3,(H,20,22)/t13?,14?,15?,16-,19?/m0/s1. The molecule has 1 heterocycles. The Bertz CT molecular complexity index is 486. The molecular weight excluding hydrogens is 320 g/mol. The number of urea groups is 1. The summed E-state index contributed by atoms with van der Waals surface area (Å²) in [5.74, 6) is 2.54. The first kappa shape index (κ1) is 16.6. The van der Waals surface area contributed by atoms with E-state index in [2.05, 4.69) is 12.2 Å². The highest BCUT2D eigenvalue weighted by Crippen LogP contribution is 2.55. The Balaban J connectivity index is 1.41. The molecular formula is C19H30N2O2S. The van der Waals surface area contributed by atoms with Crippen molar-refractivity contribution < 1.29 is 9.53 Å². The van der Waals surface area contributed by atoms with Crippen molar-refractivity contribution in [1.29, 1.82) is 0 Å². The third-order valence-electron chi connectivity index (χ3n) is 6.64. The Kier molecular flexibility index (Phi) is 4.48. The van der Waals surface area contributed by atoms with Crippen molar-refractivity contribution in [2.24, 2.45) is 17.8 Å². The summed E-state index contributed by atoms with van der Waals surface area (Å²) in [6, 6.07) is 0.0855. The number of ether oxygens (including phenoxy) is 1. The van der Waals surface area contributed by atoms with Crippen molar-refractivity contribution in [3.63, 3.8) is 0 Å². The third kappa shape index (κ3) is 3.04. The van der Waals surface area contributed by atoms with Crippen LogP contribution in [0.2, 0.25) is 0 Å². The maximum Gasteiger partial charge on any atom is 0.318 e. The zero-order chi connectivity index (χ0) is 16.7. The van der Waals surface area contributed by atoms with Crippen LogP contribution in [-0.4, -0.2) is 40.7 Å². The first-order valence-electron chi connectivity index (χ1n) is 9.84. The molecule has 0 unspecified atom stereocenters. The second-order valence-electron chi connectivity index (χ2n) is 8.65. The zero-order valence-electron chi connectivity index (χ0n) is 14.8. The highest BCUT2D eigenvalue weighted by atomic mass is 32.1. The fourth-order valence-electron chi connectivity index (χ4n) is 6.12. The Morgan fingerprint density at radius 3 is 2.42 bits per heavy atom. The smallest absolute Gasteiger partial charge is 0.318 e. The molecule has 0 aromatic carbocycles. The molecule has 4 nitrogen and oxygen atoms in total. The number of nitrogens with one attached hydrogen (secondary N) is 1. The molecule has 4 bridgehead atoms. The first-order valence-corrected chi connectivity index (χ1v) is 10.2. The van der Waals surface area contributed by atoms with Crippen molar-refractivity contribution in [2.45, 2.75) is 76.3 Å². The molecule has 5 aliphatic rings. The summed E-state index contributed by atoms with van der Waals surface area (Å²) in [7, 11) is 0. The number of carbonyl (C=O) groups is 1. The van der Waals surface area contributed by atoms with E-state index in [1.54, 1.807) is 0 Å². The van der Waals surface area contributed by atoms with Gasteiger partial charge in [-0.15, -0.1) is 0 Å². The second kappa shape index (κ2) is 6.47. The first-order chi connectivity index (χ1) is 11.6. The van der Waals surface area contributed by atoms with Gasteiger partial charge in [-0.2, -0.15) is 0 Å². The molecule has 0 spiro atoms. The van der Waals surface area contributed by atoms with E-state index in [-0.39, 0.29) is 17.6 Å². The summed E-state index contributed by atoms with van der Waals surface area (Å²) in [5, 5.41) is 4.09. The maximum absolute atomic E-state index is 13.0. The largest absolute Gasteiger partial charge is 0.485 e. The predicted octanol–water partition coefficient (Wildman–Crippen LogP) is 3.88. The van der Waals surface area contributed by atoms with E-state index in [9.17, 15) is 4.79 Å². The van der Waals surface area contributed by atoms with Crippen LogP contribution >= 0.6 is 12.2 Å². The average Bonchev–Trinajstić information content (AvgIpc) is 3.00. The van der Waals surface area contributed by atoms with E-state index in [4.69, 9.17) is 17.0 Å². The van der Waals surface area contributed by atoms with Crippen molar-refractivity contribution in [1.82, 2.24) is 10.2 Å². The summed E-state index contributed by atoms with van der Waals surface area (Å²) in [5.41, 5.74) is 0.0743. The highest BCUT2D eigenvalue weighted by Gasteiger charge is 2.52. The minimum Gasteiger partial charge on any atom is -0.485 e. The minimum absolute atomic E-state index is 0.0135. The highest BCUT2D eigenvalue weighted by molar-refractivity contribution is 7.80. The van der Waals surface area contributed by atoms with Crippen molar-refractivity contribution in [2.75, 3.05) is 13.2 Å². The van der Waals surface area contributed by atoms with E-state index >= 15 is 0 Å². The van der Waals surface area contributed by atoms with Crippen LogP contribution in [0.3, 0.4) is 0 Å². The van der Waals surface area contributed by atoms with Crippen molar-refractivity contribution in [3.8, 4) is 0 Å².